The fourth-order valence-electron chi connectivity index (χ4n) is 2.84. The number of fused-ring (bicyclic) bond motifs is 2. The van der Waals surface area contributed by atoms with Crippen LogP contribution in [0.4, 0.5) is 0 Å². The van der Waals surface area contributed by atoms with E-state index in [0.29, 0.717) is 22.2 Å². The minimum atomic E-state index is -0.158. The van der Waals surface area contributed by atoms with Crippen LogP contribution in [-0.2, 0) is 6.54 Å². The summed E-state index contributed by atoms with van der Waals surface area (Å²) in [6.45, 7) is 2.06. The van der Waals surface area contributed by atoms with Crippen LogP contribution in [0.3, 0.4) is 0 Å². The molecule has 0 unspecified atom stereocenters. The molecule has 0 radical (unpaired) electrons. The van der Waals surface area contributed by atoms with E-state index in [9.17, 15) is 9.59 Å². The molecule has 0 amide bonds. The Labute approximate surface area is 136 Å². The normalized spacial score (nSPS) is 11.2. The molecule has 0 aliphatic rings. The lowest BCUT2D eigenvalue weighted by atomic mass is 10.2. The summed E-state index contributed by atoms with van der Waals surface area (Å²) in [5.41, 5.74) is 2.27. The molecule has 3 aromatic heterocycles. The zero-order valence-corrected chi connectivity index (χ0v) is 13.0. The van der Waals surface area contributed by atoms with Crippen molar-refractivity contribution in [2.24, 2.45) is 0 Å². The van der Waals surface area contributed by atoms with Crippen LogP contribution in [0.1, 0.15) is 11.4 Å². The first-order valence-electron chi connectivity index (χ1n) is 7.56. The van der Waals surface area contributed by atoms with Gasteiger partial charge in [0, 0.05) is 11.8 Å². The van der Waals surface area contributed by atoms with Crippen molar-refractivity contribution in [3.63, 3.8) is 0 Å². The molecule has 24 heavy (non-hydrogen) atoms. The molecule has 4 rings (SSSR count). The molecule has 0 bridgehead atoms. The van der Waals surface area contributed by atoms with Crippen LogP contribution < -0.4 is 11.1 Å². The first-order chi connectivity index (χ1) is 11.6. The lowest BCUT2D eigenvalue weighted by Gasteiger charge is -2.08. The van der Waals surface area contributed by atoms with Crippen LogP contribution >= 0.6 is 0 Å². The Morgan fingerprint density at radius 1 is 1.04 bits per heavy atom. The maximum atomic E-state index is 12.5. The van der Waals surface area contributed by atoms with Crippen molar-refractivity contribution in [2.75, 3.05) is 0 Å². The van der Waals surface area contributed by atoms with Crippen LogP contribution in [0.2, 0.25) is 0 Å². The predicted octanol–water partition coefficient (Wildman–Crippen LogP) is 1.76. The van der Waals surface area contributed by atoms with E-state index in [1.165, 1.54) is 17.0 Å². The van der Waals surface area contributed by atoms with Gasteiger partial charge in [-0.25, -0.2) is 9.97 Å². The van der Waals surface area contributed by atoms with Crippen LogP contribution in [0.25, 0.3) is 16.6 Å². The van der Waals surface area contributed by atoms with Crippen molar-refractivity contribution in [1.82, 2.24) is 18.9 Å². The van der Waals surface area contributed by atoms with E-state index in [0.717, 1.165) is 5.69 Å². The van der Waals surface area contributed by atoms with Crippen molar-refractivity contribution >= 4 is 16.6 Å². The van der Waals surface area contributed by atoms with Crippen molar-refractivity contribution < 1.29 is 0 Å². The summed E-state index contributed by atoms with van der Waals surface area (Å²) in [6, 6.07) is 14.1. The third kappa shape index (κ3) is 2.28. The van der Waals surface area contributed by atoms with E-state index >= 15 is 0 Å². The van der Waals surface area contributed by atoms with Gasteiger partial charge in [-0.2, -0.15) is 0 Å². The molecule has 3 heterocycles. The van der Waals surface area contributed by atoms with Gasteiger partial charge in [-0.3, -0.25) is 18.6 Å². The molecular formula is C18H14N4O2. The molecule has 0 saturated heterocycles. The van der Waals surface area contributed by atoms with Gasteiger partial charge >= 0.3 is 0 Å². The average molecular weight is 318 g/mol. The summed E-state index contributed by atoms with van der Waals surface area (Å²) >= 11 is 0. The smallest absolute Gasteiger partial charge is 0.261 e. The lowest BCUT2D eigenvalue weighted by molar-refractivity contribution is 0.726. The molecule has 1 aromatic carbocycles. The van der Waals surface area contributed by atoms with Gasteiger partial charge in [0.05, 0.1) is 29.5 Å². The van der Waals surface area contributed by atoms with Crippen molar-refractivity contribution in [3.05, 3.63) is 87.0 Å². The molecule has 0 spiro atoms. The first kappa shape index (κ1) is 14.3. The van der Waals surface area contributed by atoms with Crippen molar-refractivity contribution in [3.8, 4) is 0 Å². The van der Waals surface area contributed by atoms with Gasteiger partial charge in [-0.05, 0) is 31.2 Å². The summed E-state index contributed by atoms with van der Waals surface area (Å²) in [6.07, 6.45) is 1.49. The number of nitrogens with zero attached hydrogens (tertiary/aromatic N) is 4. The number of rotatable bonds is 2. The highest BCUT2D eigenvalue weighted by atomic mass is 16.1. The van der Waals surface area contributed by atoms with E-state index < -0.39 is 0 Å². The number of hydrogen-bond acceptors (Lipinski definition) is 4. The molecule has 0 saturated carbocycles. The van der Waals surface area contributed by atoms with Gasteiger partial charge in [0.25, 0.3) is 11.1 Å². The molecule has 118 valence electrons. The molecule has 6 nitrogen and oxygen atoms in total. The number of hydrogen-bond donors (Lipinski definition) is 0. The van der Waals surface area contributed by atoms with Crippen LogP contribution in [0, 0.1) is 6.92 Å². The fraction of sp³-hybridized carbons (Fsp3) is 0.111. The fourth-order valence-corrected chi connectivity index (χ4v) is 2.84. The summed E-state index contributed by atoms with van der Waals surface area (Å²) in [4.78, 5) is 33.7. The summed E-state index contributed by atoms with van der Waals surface area (Å²) < 4.78 is 3.02. The Morgan fingerprint density at radius 2 is 1.88 bits per heavy atom. The maximum absolute atomic E-state index is 12.5. The van der Waals surface area contributed by atoms with Crippen LogP contribution in [0.5, 0.6) is 0 Å². The van der Waals surface area contributed by atoms with E-state index in [1.54, 1.807) is 28.7 Å². The molecule has 0 atom stereocenters. The average Bonchev–Trinajstić information content (AvgIpc) is 2.57. The summed E-state index contributed by atoms with van der Waals surface area (Å²) in [7, 11) is 0. The summed E-state index contributed by atoms with van der Waals surface area (Å²) in [5.74, 6) is 0. The highest BCUT2D eigenvalue weighted by Gasteiger charge is 2.08. The number of aryl methyl sites for hydroxylation is 1. The molecule has 0 aliphatic carbocycles. The lowest BCUT2D eigenvalue weighted by Crippen LogP contribution is -2.24. The second-order valence-electron chi connectivity index (χ2n) is 5.64. The third-order valence-electron chi connectivity index (χ3n) is 4.00. The standard InChI is InChI=1S/C18H14N4O2/c1-12-5-4-8-16-20-13(9-17(23)22(12)16)10-21-11-19-15-7-3-2-6-14(15)18(21)24/h2-9,11H,10H2,1H3. The minimum absolute atomic E-state index is 0.146. The molecule has 6 heteroatoms. The zero-order chi connectivity index (χ0) is 16.7. The molecule has 0 N–H and O–H groups in total. The zero-order valence-electron chi connectivity index (χ0n) is 13.0. The molecule has 0 aliphatic heterocycles. The van der Waals surface area contributed by atoms with Gasteiger partial charge in [-0.15, -0.1) is 0 Å². The van der Waals surface area contributed by atoms with Gasteiger partial charge in [0.15, 0.2) is 0 Å². The highest BCUT2D eigenvalue weighted by Crippen LogP contribution is 2.07. The largest absolute Gasteiger partial charge is 0.293 e. The van der Waals surface area contributed by atoms with E-state index in [2.05, 4.69) is 9.97 Å². The first-order valence-corrected chi connectivity index (χ1v) is 7.56. The minimum Gasteiger partial charge on any atom is -0.293 e. The van der Waals surface area contributed by atoms with E-state index in [-0.39, 0.29) is 17.7 Å². The number of para-hydroxylation sites is 1. The second kappa shape index (κ2) is 5.42. The predicted molar refractivity (Wildman–Crippen MR) is 91.3 cm³/mol. The van der Waals surface area contributed by atoms with Crippen molar-refractivity contribution in [2.45, 2.75) is 13.5 Å². The number of aromatic nitrogens is 4. The van der Waals surface area contributed by atoms with E-state index in [1.807, 2.05) is 25.1 Å². The molecule has 4 aromatic rings. The van der Waals surface area contributed by atoms with Gasteiger partial charge in [-0.1, -0.05) is 18.2 Å². The van der Waals surface area contributed by atoms with Crippen LogP contribution in [0.15, 0.2) is 64.4 Å². The number of pyridine rings is 1. The monoisotopic (exact) mass is 318 g/mol. The van der Waals surface area contributed by atoms with Crippen LogP contribution in [-0.4, -0.2) is 18.9 Å². The number of benzene rings is 1. The third-order valence-corrected chi connectivity index (χ3v) is 4.00. The maximum Gasteiger partial charge on any atom is 0.261 e. The Bertz CT molecular complexity index is 1190. The quantitative estimate of drug-likeness (QED) is 0.565. The Morgan fingerprint density at radius 3 is 2.75 bits per heavy atom. The SMILES string of the molecule is Cc1cccc2nc(Cn3cnc4ccccc4c3=O)cc(=O)n12. The Kier molecular flexibility index (Phi) is 3.23. The molecular weight excluding hydrogens is 304 g/mol. The van der Waals surface area contributed by atoms with Gasteiger partial charge in [0.2, 0.25) is 0 Å². The second-order valence-corrected chi connectivity index (χ2v) is 5.64. The highest BCUT2D eigenvalue weighted by molar-refractivity contribution is 5.76. The topological polar surface area (TPSA) is 69.3 Å². The van der Waals surface area contributed by atoms with Gasteiger partial charge in [0.1, 0.15) is 5.65 Å². The van der Waals surface area contributed by atoms with E-state index in [4.69, 9.17) is 0 Å². The molecule has 0 fully saturated rings. The van der Waals surface area contributed by atoms with Crippen molar-refractivity contribution in [1.29, 1.82) is 0 Å². The Balaban J connectivity index is 1.84. The van der Waals surface area contributed by atoms with Gasteiger partial charge < -0.3 is 0 Å². The Hall–Kier alpha value is -3.28. The summed E-state index contributed by atoms with van der Waals surface area (Å²) in [5, 5.41) is 0.549.